The molecule has 1 aliphatic carbocycles. The summed E-state index contributed by atoms with van der Waals surface area (Å²) >= 11 is 1.28. The van der Waals surface area contributed by atoms with Crippen molar-refractivity contribution < 1.29 is 9.53 Å². The number of carbonyl (C=O) groups excluding carboxylic acids is 1. The highest BCUT2D eigenvalue weighted by molar-refractivity contribution is 7.99. The molecule has 1 aliphatic rings. The van der Waals surface area contributed by atoms with Gasteiger partial charge in [-0.25, -0.2) is 0 Å². The molecule has 0 atom stereocenters. The van der Waals surface area contributed by atoms with Gasteiger partial charge < -0.3 is 10.1 Å². The van der Waals surface area contributed by atoms with E-state index in [0.717, 1.165) is 31.4 Å². The number of nitrogens with zero attached hydrogens (tertiary/aromatic N) is 4. The number of carbonyl (C=O) groups is 1. The van der Waals surface area contributed by atoms with Gasteiger partial charge >= 0.3 is 0 Å². The van der Waals surface area contributed by atoms with Crippen molar-refractivity contribution in [1.82, 2.24) is 20.1 Å². The zero-order valence-corrected chi connectivity index (χ0v) is 14.8. The topological polar surface area (TPSA) is 92.8 Å². The molecule has 1 aromatic heterocycles. The zero-order chi connectivity index (χ0) is 17.7. The average Bonchev–Trinajstić information content (AvgIpc) is 3.29. The Balaban J connectivity index is 1.68. The summed E-state index contributed by atoms with van der Waals surface area (Å²) in [4.78, 5) is 12.3. The van der Waals surface area contributed by atoms with Crippen molar-refractivity contribution in [2.45, 2.75) is 36.4 Å². The number of nitrogens with one attached hydrogen (secondary N) is 1. The number of thioether (sulfide) groups is 1. The van der Waals surface area contributed by atoms with Crippen molar-refractivity contribution in [3.8, 4) is 17.5 Å². The smallest absolute Gasteiger partial charge is 0.231 e. The first-order chi connectivity index (χ1) is 12.2. The van der Waals surface area contributed by atoms with Gasteiger partial charge in [-0.3, -0.25) is 9.36 Å². The lowest BCUT2D eigenvalue weighted by Gasteiger charge is -2.21. The molecule has 1 N–H and O–H groups in total. The Kier molecular flexibility index (Phi) is 5.24. The second-order valence-electron chi connectivity index (χ2n) is 5.89. The Labute approximate surface area is 150 Å². The fourth-order valence-corrected chi connectivity index (χ4v) is 3.72. The molecule has 3 rings (SSSR count). The van der Waals surface area contributed by atoms with Gasteiger partial charge in [0.15, 0.2) is 5.16 Å². The fourth-order valence-electron chi connectivity index (χ4n) is 2.99. The minimum Gasteiger partial charge on any atom is -0.495 e. The van der Waals surface area contributed by atoms with Crippen LogP contribution in [0.15, 0.2) is 35.7 Å². The van der Waals surface area contributed by atoms with E-state index in [1.165, 1.54) is 11.8 Å². The number of hydrogen-bond donors (Lipinski definition) is 1. The zero-order valence-electron chi connectivity index (χ0n) is 13.9. The molecule has 2 aromatic rings. The van der Waals surface area contributed by atoms with Crippen molar-refractivity contribution in [1.29, 1.82) is 5.26 Å². The quantitative estimate of drug-likeness (QED) is 0.798. The van der Waals surface area contributed by atoms with Crippen LogP contribution < -0.4 is 10.1 Å². The first kappa shape index (κ1) is 17.3. The Hall–Kier alpha value is -2.53. The molecule has 7 nitrogen and oxygen atoms in total. The summed E-state index contributed by atoms with van der Waals surface area (Å²) in [5, 5.41) is 20.9. The molecule has 1 saturated carbocycles. The number of hydrogen-bond acceptors (Lipinski definition) is 6. The predicted octanol–water partition coefficient (Wildman–Crippen LogP) is 2.32. The van der Waals surface area contributed by atoms with Crippen LogP contribution in [0.2, 0.25) is 0 Å². The van der Waals surface area contributed by atoms with Crippen molar-refractivity contribution in [2.24, 2.45) is 0 Å². The van der Waals surface area contributed by atoms with Crippen molar-refractivity contribution in [3.63, 3.8) is 0 Å². The summed E-state index contributed by atoms with van der Waals surface area (Å²) in [6, 6.07) is 9.80. The van der Waals surface area contributed by atoms with Crippen LogP contribution in [0.3, 0.4) is 0 Å². The summed E-state index contributed by atoms with van der Waals surface area (Å²) < 4.78 is 7.15. The molecule has 1 aromatic carbocycles. The SMILES string of the molecule is COc1ccccc1-n1cnnc1SCC(=O)NC1(C#N)CCCC1. The third-order valence-corrected chi connectivity index (χ3v) is 5.19. The summed E-state index contributed by atoms with van der Waals surface area (Å²) in [6.45, 7) is 0. The molecule has 8 heteroatoms. The first-order valence-electron chi connectivity index (χ1n) is 8.06. The number of nitriles is 1. The predicted molar refractivity (Wildman–Crippen MR) is 93.6 cm³/mol. The maximum atomic E-state index is 12.3. The van der Waals surface area contributed by atoms with Crippen LogP contribution in [-0.2, 0) is 4.79 Å². The minimum absolute atomic E-state index is 0.164. The summed E-state index contributed by atoms with van der Waals surface area (Å²) in [5.41, 5.74) is 0.107. The second-order valence-corrected chi connectivity index (χ2v) is 6.84. The largest absolute Gasteiger partial charge is 0.495 e. The van der Waals surface area contributed by atoms with E-state index >= 15 is 0 Å². The molecule has 0 bridgehead atoms. The maximum absolute atomic E-state index is 12.3. The number of methoxy groups -OCH3 is 1. The number of rotatable bonds is 6. The van der Waals surface area contributed by atoms with Gasteiger partial charge in [0.25, 0.3) is 0 Å². The van der Waals surface area contributed by atoms with Crippen molar-refractivity contribution in [2.75, 3.05) is 12.9 Å². The summed E-state index contributed by atoms with van der Waals surface area (Å²) in [7, 11) is 1.60. The third-order valence-electron chi connectivity index (χ3n) is 4.24. The highest BCUT2D eigenvalue weighted by atomic mass is 32.2. The Morgan fingerprint density at radius 1 is 1.44 bits per heavy atom. The Bertz CT molecular complexity index is 792. The van der Waals surface area contributed by atoms with Crippen molar-refractivity contribution >= 4 is 17.7 Å². The van der Waals surface area contributed by atoms with Gasteiger partial charge in [-0.15, -0.1) is 10.2 Å². The molecule has 25 heavy (non-hydrogen) atoms. The van der Waals surface area contributed by atoms with E-state index in [1.54, 1.807) is 18.0 Å². The minimum atomic E-state index is -0.700. The highest BCUT2D eigenvalue weighted by Crippen LogP contribution is 2.30. The Morgan fingerprint density at radius 3 is 2.92 bits per heavy atom. The van der Waals surface area contributed by atoms with E-state index in [9.17, 15) is 10.1 Å². The molecule has 0 saturated heterocycles. The summed E-state index contributed by atoms with van der Waals surface area (Å²) in [6.07, 6.45) is 4.98. The molecule has 130 valence electrons. The lowest BCUT2D eigenvalue weighted by Crippen LogP contribution is -2.45. The van der Waals surface area contributed by atoms with Crippen LogP contribution in [0.4, 0.5) is 0 Å². The van der Waals surface area contributed by atoms with Gasteiger partial charge in [0.2, 0.25) is 5.91 Å². The van der Waals surface area contributed by atoms with Crippen LogP contribution >= 0.6 is 11.8 Å². The van der Waals surface area contributed by atoms with E-state index in [4.69, 9.17) is 4.74 Å². The fraction of sp³-hybridized carbons (Fsp3) is 0.412. The van der Waals surface area contributed by atoms with Crippen LogP contribution in [0.1, 0.15) is 25.7 Å². The number of amides is 1. The number of ether oxygens (including phenoxy) is 1. The second kappa shape index (κ2) is 7.57. The molecule has 1 heterocycles. The van der Waals surface area contributed by atoms with Gasteiger partial charge in [0.05, 0.1) is 24.6 Å². The monoisotopic (exact) mass is 357 g/mol. The van der Waals surface area contributed by atoms with E-state index in [2.05, 4.69) is 21.6 Å². The lowest BCUT2D eigenvalue weighted by molar-refractivity contribution is -0.119. The lowest BCUT2D eigenvalue weighted by atomic mass is 10.0. The van der Waals surface area contributed by atoms with E-state index in [0.29, 0.717) is 10.9 Å². The van der Waals surface area contributed by atoms with Crippen LogP contribution in [-0.4, -0.2) is 39.1 Å². The van der Waals surface area contributed by atoms with Crippen molar-refractivity contribution in [3.05, 3.63) is 30.6 Å². The first-order valence-corrected chi connectivity index (χ1v) is 9.04. The van der Waals surface area contributed by atoms with Gasteiger partial charge in [-0.05, 0) is 37.8 Å². The molecule has 0 spiro atoms. The number of aromatic nitrogens is 3. The van der Waals surface area contributed by atoms with Crippen LogP contribution in [0.25, 0.3) is 5.69 Å². The molecule has 0 aliphatic heterocycles. The average molecular weight is 357 g/mol. The maximum Gasteiger partial charge on any atom is 0.231 e. The third kappa shape index (κ3) is 3.77. The molecule has 1 fully saturated rings. The summed E-state index contributed by atoms with van der Waals surface area (Å²) in [5.74, 6) is 0.711. The normalized spacial score (nSPS) is 15.5. The van der Waals surface area contributed by atoms with Gasteiger partial charge in [0, 0.05) is 0 Å². The molecule has 0 radical (unpaired) electrons. The van der Waals surface area contributed by atoms with Crippen LogP contribution in [0.5, 0.6) is 5.75 Å². The van der Waals surface area contributed by atoms with E-state index in [1.807, 2.05) is 24.3 Å². The standard InChI is InChI=1S/C17H19N5O2S/c1-24-14-7-3-2-6-13(14)22-12-19-21-16(22)25-10-15(23)20-17(11-18)8-4-5-9-17/h2-3,6-7,12H,4-5,8-10H2,1H3,(H,20,23). The molecular weight excluding hydrogens is 338 g/mol. The van der Waals surface area contributed by atoms with E-state index in [-0.39, 0.29) is 11.7 Å². The van der Waals surface area contributed by atoms with E-state index < -0.39 is 5.54 Å². The number of para-hydroxylation sites is 2. The van der Waals surface area contributed by atoms with Crippen LogP contribution in [0, 0.1) is 11.3 Å². The molecule has 1 amide bonds. The highest BCUT2D eigenvalue weighted by Gasteiger charge is 2.35. The molecule has 0 unspecified atom stereocenters. The Morgan fingerprint density at radius 2 is 2.20 bits per heavy atom. The van der Waals surface area contributed by atoms with Gasteiger partial charge in [-0.2, -0.15) is 5.26 Å². The molecular formula is C17H19N5O2S. The number of benzene rings is 1. The van der Waals surface area contributed by atoms with Gasteiger partial charge in [-0.1, -0.05) is 23.9 Å². The van der Waals surface area contributed by atoms with Gasteiger partial charge in [0.1, 0.15) is 17.6 Å².